The maximum Gasteiger partial charge on any atom is 0.191 e. The largest absolute Gasteiger partial charge is 0.491 e. The third kappa shape index (κ3) is 6.27. The Hall–Kier alpha value is -1.35. The van der Waals surface area contributed by atoms with Gasteiger partial charge in [0.2, 0.25) is 0 Å². The topological polar surface area (TPSA) is 58.5 Å². The van der Waals surface area contributed by atoms with Crippen molar-refractivity contribution in [3.8, 4) is 5.75 Å². The lowest BCUT2D eigenvalue weighted by atomic mass is 10.1. The van der Waals surface area contributed by atoms with Gasteiger partial charge in [0.05, 0.1) is 13.1 Å². The van der Waals surface area contributed by atoms with Crippen molar-refractivity contribution in [1.82, 2.24) is 15.6 Å². The van der Waals surface area contributed by atoms with Crippen molar-refractivity contribution in [3.63, 3.8) is 0 Å². The normalized spacial score (nSPS) is 10.9. The Bertz CT molecular complexity index is 652. The molecule has 0 radical (unpaired) electrons. The summed E-state index contributed by atoms with van der Waals surface area (Å²) in [6, 6.07) is 6.17. The van der Waals surface area contributed by atoms with E-state index in [0.29, 0.717) is 19.7 Å². The van der Waals surface area contributed by atoms with Gasteiger partial charge >= 0.3 is 0 Å². The minimum Gasteiger partial charge on any atom is -0.491 e. The summed E-state index contributed by atoms with van der Waals surface area (Å²) in [5.41, 5.74) is 2.32. The Morgan fingerprint density at radius 1 is 1.21 bits per heavy atom. The van der Waals surface area contributed by atoms with Crippen molar-refractivity contribution >= 4 is 41.3 Å². The molecule has 0 unspecified atom stereocenters. The Morgan fingerprint density at radius 3 is 2.50 bits per heavy atom. The third-order valence-corrected chi connectivity index (χ3v) is 4.26. The van der Waals surface area contributed by atoms with Crippen LogP contribution in [0.4, 0.5) is 0 Å². The number of thiazole rings is 1. The molecule has 2 rings (SSSR count). The predicted molar refractivity (Wildman–Crippen MR) is 112 cm³/mol. The van der Waals surface area contributed by atoms with Crippen LogP contribution >= 0.6 is 35.3 Å². The standard InChI is InChI=1S/C17H24N4OS.HI/c1-12-6-5-7-13(2)16(12)22-9-8-19-17(18-4)21-11-15-20-10-14(3)23-15;/h5-7,10H,8-9,11H2,1-4H3,(H2,18,19,21);1H. The molecule has 0 bridgehead atoms. The predicted octanol–water partition coefficient (Wildman–Crippen LogP) is 3.43. The van der Waals surface area contributed by atoms with E-state index in [9.17, 15) is 0 Å². The maximum atomic E-state index is 5.87. The van der Waals surface area contributed by atoms with E-state index < -0.39 is 0 Å². The fourth-order valence-electron chi connectivity index (χ4n) is 2.21. The molecular weight excluding hydrogens is 435 g/mol. The van der Waals surface area contributed by atoms with Crippen LogP contribution in [-0.4, -0.2) is 31.1 Å². The van der Waals surface area contributed by atoms with Crippen molar-refractivity contribution in [1.29, 1.82) is 0 Å². The smallest absolute Gasteiger partial charge is 0.191 e. The van der Waals surface area contributed by atoms with Crippen LogP contribution in [0.15, 0.2) is 29.4 Å². The molecule has 132 valence electrons. The van der Waals surface area contributed by atoms with E-state index in [1.54, 1.807) is 18.4 Å². The first-order valence-corrected chi connectivity index (χ1v) is 8.46. The molecule has 0 aliphatic carbocycles. The molecule has 2 N–H and O–H groups in total. The van der Waals surface area contributed by atoms with Crippen molar-refractivity contribution in [3.05, 3.63) is 45.4 Å². The van der Waals surface area contributed by atoms with Gasteiger partial charge in [-0.15, -0.1) is 35.3 Å². The lowest BCUT2D eigenvalue weighted by Crippen LogP contribution is -2.38. The molecule has 0 spiro atoms. The zero-order valence-corrected chi connectivity index (χ0v) is 17.7. The molecule has 0 saturated heterocycles. The van der Waals surface area contributed by atoms with Crippen molar-refractivity contribution in [2.24, 2.45) is 4.99 Å². The van der Waals surface area contributed by atoms with Crippen molar-refractivity contribution < 1.29 is 4.74 Å². The van der Waals surface area contributed by atoms with E-state index in [0.717, 1.165) is 27.8 Å². The summed E-state index contributed by atoms with van der Waals surface area (Å²) in [7, 11) is 1.76. The van der Waals surface area contributed by atoms with Gasteiger partial charge in [-0.3, -0.25) is 4.99 Å². The van der Waals surface area contributed by atoms with Crippen LogP contribution in [0.5, 0.6) is 5.75 Å². The number of guanidine groups is 1. The van der Waals surface area contributed by atoms with Gasteiger partial charge in [-0.05, 0) is 31.9 Å². The summed E-state index contributed by atoms with van der Waals surface area (Å²) in [5, 5.41) is 7.55. The zero-order valence-electron chi connectivity index (χ0n) is 14.5. The summed E-state index contributed by atoms with van der Waals surface area (Å²) >= 11 is 1.69. The minimum atomic E-state index is 0. The van der Waals surface area contributed by atoms with E-state index >= 15 is 0 Å². The molecule has 0 saturated carbocycles. The van der Waals surface area contributed by atoms with Crippen molar-refractivity contribution in [2.75, 3.05) is 20.2 Å². The number of aliphatic imine (C=N–C) groups is 1. The van der Waals surface area contributed by atoms with Crippen LogP contribution in [0.2, 0.25) is 0 Å². The molecule has 0 amide bonds. The van der Waals surface area contributed by atoms with E-state index in [1.165, 1.54) is 4.88 Å². The number of hydrogen-bond donors (Lipinski definition) is 2. The van der Waals surface area contributed by atoms with E-state index in [1.807, 2.05) is 12.3 Å². The Balaban J connectivity index is 0.00000288. The van der Waals surface area contributed by atoms with Gasteiger partial charge in [-0.2, -0.15) is 0 Å². The molecule has 1 heterocycles. The lowest BCUT2D eigenvalue weighted by Gasteiger charge is -2.14. The molecule has 0 aliphatic heterocycles. The summed E-state index contributed by atoms with van der Waals surface area (Å²) < 4.78 is 5.87. The number of benzene rings is 1. The number of aryl methyl sites for hydroxylation is 3. The third-order valence-electron chi connectivity index (χ3n) is 3.35. The summed E-state index contributed by atoms with van der Waals surface area (Å²) in [6.45, 7) is 8.13. The molecular formula is C17H25IN4OS. The van der Waals surface area contributed by atoms with Crippen LogP contribution in [0, 0.1) is 20.8 Å². The van der Waals surface area contributed by atoms with E-state index in [2.05, 4.69) is 53.5 Å². The molecule has 1 aromatic carbocycles. The number of nitrogens with one attached hydrogen (secondary N) is 2. The number of halogens is 1. The molecule has 5 nitrogen and oxygen atoms in total. The van der Waals surface area contributed by atoms with Crippen LogP contribution < -0.4 is 15.4 Å². The second-order valence-corrected chi connectivity index (χ2v) is 6.61. The van der Waals surface area contributed by atoms with E-state index in [4.69, 9.17) is 4.74 Å². The summed E-state index contributed by atoms with van der Waals surface area (Å²) in [5.74, 6) is 1.72. The highest BCUT2D eigenvalue weighted by Crippen LogP contribution is 2.21. The fraction of sp³-hybridized carbons (Fsp3) is 0.412. The number of para-hydroxylation sites is 1. The minimum absolute atomic E-state index is 0. The quantitative estimate of drug-likeness (QED) is 0.300. The molecule has 0 aliphatic rings. The number of nitrogens with zero attached hydrogens (tertiary/aromatic N) is 2. The summed E-state index contributed by atoms with van der Waals surface area (Å²) in [4.78, 5) is 9.75. The average molecular weight is 460 g/mol. The first-order valence-electron chi connectivity index (χ1n) is 7.65. The molecule has 24 heavy (non-hydrogen) atoms. The Labute approximate surface area is 165 Å². The highest BCUT2D eigenvalue weighted by atomic mass is 127. The second-order valence-electron chi connectivity index (χ2n) is 5.29. The monoisotopic (exact) mass is 460 g/mol. The fourth-order valence-corrected chi connectivity index (χ4v) is 2.94. The number of aromatic nitrogens is 1. The molecule has 7 heteroatoms. The first kappa shape index (κ1) is 20.7. The SMILES string of the molecule is CN=C(NCCOc1c(C)cccc1C)NCc1ncc(C)s1.I. The zero-order chi connectivity index (χ0) is 16.7. The number of hydrogen-bond acceptors (Lipinski definition) is 4. The first-order chi connectivity index (χ1) is 11.1. The maximum absolute atomic E-state index is 5.87. The number of ether oxygens (including phenoxy) is 1. The van der Waals surface area contributed by atoms with Crippen molar-refractivity contribution in [2.45, 2.75) is 27.3 Å². The van der Waals surface area contributed by atoms with Gasteiger partial charge in [0.25, 0.3) is 0 Å². The van der Waals surface area contributed by atoms with Gasteiger partial charge in [0.1, 0.15) is 17.4 Å². The van der Waals surface area contributed by atoms with Gasteiger partial charge in [0, 0.05) is 18.1 Å². The van der Waals surface area contributed by atoms with Crippen LogP contribution in [0.1, 0.15) is 21.0 Å². The van der Waals surface area contributed by atoms with E-state index in [-0.39, 0.29) is 24.0 Å². The van der Waals surface area contributed by atoms with Gasteiger partial charge in [0.15, 0.2) is 5.96 Å². The lowest BCUT2D eigenvalue weighted by molar-refractivity contribution is 0.317. The average Bonchev–Trinajstić information content (AvgIpc) is 2.94. The van der Waals surface area contributed by atoms with Crippen LogP contribution in [-0.2, 0) is 6.54 Å². The second kappa shape index (κ2) is 10.5. The highest BCUT2D eigenvalue weighted by Gasteiger charge is 2.04. The molecule has 0 atom stereocenters. The Kier molecular flexibility index (Phi) is 9.05. The number of rotatable bonds is 6. The van der Waals surface area contributed by atoms with Gasteiger partial charge in [-0.25, -0.2) is 4.98 Å². The molecule has 0 fully saturated rings. The van der Waals surface area contributed by atoms with Crippen LogP contribution in [0.3, 0.4) is 0 Å². The van der Waals surface area contributed by atoms with Crippen LogP contribution in [0.25, 0.3) is 0 Å². The van der Waals surface area contributed by atoms with Gasteiger partial charge < -0.3 is 15.4 Å². The molecule has 1 aromatic heterocycles. The van der Waals surface area contributed by atoms with Gasteiger partial charge in [-0.1, -0.05) is 18.2 Å². The Morgan fingerprint density at radius 2 is 1.92 bits per heavy atom. The summed E-state index contributed by atoms with van der Waals surface area (Å²) in [6.07, 6.45) is 1.89. The highest BCUT2D eigenvalue weighted by molar-refractivity contribution is 14.0. The molecule has 2 aromatic rings.